The number of likely N-dealkylation sites (tertiary alicyclic amines) is 1. The number of methoxy groups -OCH3 is 1. The Morgan fingerprint density at radius 1 is 1.14 bits per heavy atom. The normalized spacial score (nSPS) is 27.6. The molecule has 184 valence electrons. The van der Waals surface area contributed by atoms with E-state index in [1.807, 2.05) is 37.3 Å². The Morgan fingerprint density at radius 2 is 1.80 bits per heavy atom. The van der Waals surface area contributed by atoms with E-state index in [2.05, 4.69) is 10.1 Å². The average Bonchev–Trinajstić information content (AvgIpc) is 3.47. The van der Waals surface area contributed by atoms with Crippen molar-refractivity contribution in [2.45, 2.75) is 31.0 Å². The van der Waals surface area contributed by atoms with Gasteiger partial charge in [0.25, 0.3) is 0 Å². The van der Waals surface area contributed by atoms with E-state index >= 15 is 0 Å². The first-order valence-electron chi connectivity index (χ1n) is 11.1. The minimum Gasteiger partial charge on any atom is -0.497 e. The fourth-order valence-electron chi connectivity index (χ4n) is 5.18. The summed E-state index contributed by atoms with van der Waals surface area (Å²) in [6.45, 7) is 2.25. The Labute approximate surface area is 199 Å². The molecule has 3 heterocycles. The summed E-state index contributed by atoms with van der Waals surface area (Å²) in [6, 6.07) is 12.1. The summed E-state index contributed by atoms with van der Waals surface area (Å²) in [4.78, 5) is 28.5. The number of halogens is 3. The molecule has 3 aliphatic heterocycles. The highest BCUT2D eigenvalue weighted by molar-refractivity contribution is 5.99. The molecule has 0 saturated carbocycles. The molecule has 2 aromatic carbocycles. The van der Waals surface area contributed by atoms with E-state index in [-0.39, 0.29) is 11.9 Å². The summed E-state index contributed by atoms with van der Waals surface area (Å²) in [7, 11) is 1.58. The van der Waals surface area contributed by atoms with Crippen molar-refractivity contribution in [2.24, 2.45) is 11.8 Å². The van der Waals surface area contributed by atoms with Gasteiger partial charge in [0.05, 0.1) is 37.6 Å². The summed E-state index contributed by atoms with van der Waals surface area (Å²) in [5, 5.41) is 2.70. The molecule has 2 saturated heterocycles. The van der Waals surface area contributed by atoms with Crippen molar-refractivity contribution in [1.82, 2.24) is 4.90 Å². The maximum Gasteiger partial charge on any atom is 0.573 e. The van der Waals surface area contributed by atoms with Gasteiger partial charge in [-0.1, -0.05) is 24.3 Å². The Morgan fingerprint density at radius 3 is 2.43 bits per heavy atom. The van der Waals surface area contributed by atoms with Crippen LogP contribution in [-0.4, -0.2) is 48.4 Å². The van der Waals surface area contributed by atoms with Crippen LogP contribution in [-0.2, 0) is 14.3 Å². The predicted octanol–water partition coefficient (Wildman–Crippen LogP) is 4.08. The second-order valence-electron chi connectivity index (χ2n) is 8.88. The lowest BCUT2D eigenvalue weighted by atomic mass is 9.76. The molecular formula is C25H23F3N2O5. The van der Waals surface area contributed by atoms with Gasteiger partial charge < -0.3 is 24.4 Å². The number of amides is 2. The van der Waals surface area contributed by atoms with Gasteiger partial charge >= 0.3 is 6.36 Å². The Bertz CT molecular complexity index is 1170. The molecule has 35 heavy (non-hydrogen) atoms. The fraction of sp³-hybridized carbons (Fsp3) is 0.360. The molecular weight excluding hydrogens is 465 g/mol. The van der Waals surface area contributed by atoms with Crippen molar-refractivity contribution in [1.29, 1.82) is 0 Å². The van der Waals surface area contributed by atoms with E-state index in [1.165, 1.54) is 12.1 Å². The van der Waals surface area contributed by atoms with Crippen LogP contribution in [0.4, 0.5) is 18.9 Å². The van der Waals surface area contributed by atoms with Crippen molar-refractivity contribution in [3.8, 4) is 11.5 Å². The van der Waals surface area contributed by atoms with Gasteiger partial charge in [0.2, 0.25) is 11.8 Å². The van der Waals surface area contributed by atoms with Crippen LogP contribution in [0, 0.1) is 11.8 Å². The van der Waals surface area contributed by atoms with E-state index in [0.29, 0.717) is 18.0 Å². The predicted molar refractivity (Wildman–Crippen MR) is 119 cm³/mol. The molecule has 1 N–H and O–H groups in total. The maximum atomic E-state index is 13.5. The lowest BCUT2D eigenvalue weighted by Crippen LogP contribution is -2.41. The first kappa shape index (κ1) is 23.2. The van der Waals surface area contributed by atoms with Crippen LogP contribution in [0.25, 0.3) is 0 Å². The highest BCUT2D eigenvalue weighted by Crippen LogP contribution is 2.53. The lowest BCUT2D eigenvalue weighted by molar-refractivity contribution is -0.274. The van der Waals surface area contributed by atoms with Crippen molar-refractivity contribution >= 4 is 17.5 Å². The Kier molecular flexibility index (Phi) is 5.51. The molecule has 0 aromatic heterocycles. The molecule has 3 aliphatic rings. The number of rotatable bonds is 6. The number of ether oxygens (including phenoxy) is 3. The van der Waals surface area contributed by atoms with Crippen LogP contribution in [0.3, 0.4) is 0 Å². The minimum absolute atomic E-state index is 0.172. The number of anilines is 1. The van der Waals surface area contributed by atoms with Gasteiger partial charge in [-0.2, -0.15) is 0 Å². The third kappa shape index (κ3) is 4.12. The first-order valence-corrected chi connectivity index (χ1v) is 11.1. The number of hydrogen-bond donors (Lipinski definition) is 1. The summed E-state index contributed by atoms with van der Waals surface area (Å²) in [5.41, 5.74) is 0.338. The standard InChI is InChI=1S/C25H23F3N2O5/c1-14(15-3-7-17(33-2)8-4-15)30-13-24-12-11-19(35-24)20(21(24)23(30)32)22(31)29-16-5-9-18(10-6-16)34-25(26,27)28/h3-12,14,19-21H,13H2,1-2H3,(H,29,31)/t14-,19+,20+,21-,24+/m1/s1. The summed E-state index contributed by atoms with van der Waals surface area (Å²) < 4.78 is 52.4. The highest BCUT2D eigenvalue weighted by atomic mass is 19.4. The van der Waals surface area contributed by atoms with Gasteiger partial charge in [-0.25, -0.2) is 0 Å². The second kappa shape index (κ2) is 8.30. The molecule has 0 aliphatic carbocycles. The highest BCUT2D eigenvalue weighted by Gasteiger charge is 2.67. The van der Waals surface area contributed by atoms with Gasteiger partial charge in [0, 0.05) is 5.69 Å². The molecule has 2 aromatic rings. The summed E-state index contributed by atoms with van der Waals surface area (Å²) in [5.74, 6) is -1.73. The van der Waals surface area contributed by atoms with E-state index < -0.39 is 41.6 Å². The smallest absolute Gasteiger partial charge is 0.497 e. The first-order chi connectivity index (χ1) is 16.6. The van der Waals surface area contributed by atoms with Crippen molar-refractivity contribution in [3.05, 3.63) is 66.2 Å². The van der Waals surface area contributed by atoms with Gasteiger partial charge in [-0.3, -0.25) is 9.59 Å². The number of benzene rings is 2. The van der Waals surface area contributed by atoms with E-state index in [4.69, 9.17) is 9.47 Å². The number of nitrogens with one attached hydrogen (secondary N) is 1. The third-order valence-electron chi connectivity index (χ3n) is 6.85. The quantitative estimate of drug-likeness (QED) is 0.621. The van der Waals surface area contributed by atoms with Gasteiger partial charge in [0.15, 0.2) is 0 Å². The largest absolute Gasteiger partial charge is 0.573 e. The van der Waals surface area contributed by atoms with E-state index in [0.717, 1.165) is 17.7 Å². The topological polar surface area (TPSA) is 77.1 Å². The zero-order valence-corrected chi connectivity index (χ0v) is 18.9. The van der Waals surface area contributed by atoms with Crippen molar-refractivity contribution < 1.29 is 37.0 Å². The van der Waals surface area contributed by atoms with Gasteiger partial charge in [0.1, 0.15) is 17.1 Å². The van der Waals surface area contributed by atoms with Crippen LogP contribution in [0.5, 0.6) is 11.5 Å². The van der Waals surface area contributed by atoms with Crippen LogP contribution >= 0.6 is 0 Å². The Hall–Kier alpha value is -3.53. The maximum absolute atomic E-state index is 13.5. The molecule has 2 fully saturated rings. The van der Waals surface area contributed by atoms with Crippen LogP contribution < -0.4 is 14.8 Å². The molecule has 10 heteroatoms. The molecule has 0 radical (unpaired) electrons. The van der Waals surface area contributed by atoms with Crippen LogP contribution in [0.2, 0.25) is 0 Å². The fourth-order valence-corrected chi connectivity index (χ4v) is 5.18. The van der Waals surface area contributed by atoms with Crippen molar-refractivity contribution in [2.75, 3.05) is 19.0 Å². The molecule has 5 atom stereocenters. The second-order valence-corrected chi connectivity index (χ2v) is 8.88. The van der Waals surface area contributed by atoms with Crippen molar-refractivity contribution in [3.63, 3.8) is 0 Å². The molecule has 0 unspecified atom stereocenters. The van der Waals surface area contributed by atoms with Gasteiger partial charge in [-0.05, 0) is 48.9 Å². The van der Waals surface area contributed by atoms with E-state index in [1.54, 1.807) is 18.1 Å². The minimum atomic E-state index is -4.80. The molecule has 2 amide bonds. The number of nitrogens with zero attached hydrogens (tertiary/aromatic N) is 1. The van der Waals surface area contributed by atoms with Gasteiger partial charge in [-0.15, -0.1) is 13.2 Å². The van der Waals surface area contributed by atoms with Crippen LogP contribution in [0.1, 0.15) is 18.5 Å². The van der Waals surface area contributed by atoms with Crippen LogP contribution in [0.15, 0.2) is 60.7 Å². The zero-order chi connectivity index (χ0) is 25.0. The number of fused-ring (bicyclic) bond motifs is 1. The van der Waals surface area contributed by atoms with E-state index in [9.17, 15) is 22.8 Å². The number of alkyl halides is 3. The molecule has 2 bridgehead atoms. The molecule has 5 rings (SSSR count). The summed E-state index contributed by atoms with van der Waals surface area (Å²) in [6.07, 6.45) is -1.68. The zero-order valence-electron chi connectivity index (χ0n) is 18.9. The lowest BCUT2D eigenvalue weighted by Gasteiger charge is -2.28. The number of carbonyl (C=O) groups is 2. The SMILES string of the molecule is COc1ccc([C@@H](C)N2C[C@]34C=C[C@H](O3)[C@H](C(=O)Nc3ccc(OC(F)(F)F)cc3)[C@@H]4C2=O)cc1. The number of carbonyl (C=O) groups excluding carboxylic acids is 2. The summed E-state index contributed by atoms with van der Waals surface area (Å²) >= 11 is 0. The third-order valence-corrected chi connectivity index (χ3v) is 6.85. The number of hydrogen-bond acceptors (Lipinski definition) is 5. The molecule has 7 nitrogen and oxygen atoms in total. The average molecular weight is 488 g/mol. The molecule has 1 spiro atoms. The monoisotopic (exact) mass is 488 g/mol. The Balaban J connectivity index is 1.32.